The number of hydrogen-bond donors (Lipinski definition) is 0. The summed E-state index contributed by atoms with van der Waals surface area (Å²) in [5.41, 5.74) is 6.69. The Morgan fingerprint density at radius 3 is 1.75 bits per heavy atom. The van der Waals surface area contributed by atoms with Crippen LogP contribution in [-0.4, -0.2) is 16.5 Å². The quantitative estimate of drug-likeness (QED) is 0.420. The van der Waals surface area contributed by atoms with E-state index in [-0.39, 0.29) is 77.9 Å². The van der Waals surface area contributed by atoms with E-state index >= 15 is 0 Å². The van der Waals surface area contributed by atoms with Crippen molar-refractivity contribution in [1.82, 2.24) is 0 Å². The van der Waals surface area contributed by atoms with E-state index in [4.69, 9.17) is 5.73 Å². The fourth-order valence-electron chi connectivity index (χ4n) is 1.07. The zero-order valence-corrected chi connectivity index (χ0v) is 16.9. The average Bonchev–Trinajstić information content (AvgIpc) is 2.47. The molecule has 0 fully saturated rings. The van der Waals surface area contributed by atoms with Crippen molar-refractivity contribution in [2.45, 2.75) is 26.3 Å². The molecule has 0 saturated heterocycles. The van der Waals surface area contributed by atoms with E-state index in [1.54, 1.807) is 0 Å². The average molecular weight is 364 g/mol. The summed E-state index contributed by atoms with van der Waals surface area (Å²) in [6.07, 6.45) is 0. The van der Waals surface area contributed by atoms with E-state index in [2.05, 4.69) is 42.5 Å². The molecule has 4 radical (unpaired) electrons. The second kappa shape index (κ2) is 17.4. The largest absolute Gasteiger partial charge is 2.00 e. The van der Waals surface area contributed by atoms with Gasteiger partial charge in [0.15, 0.2) is 0 Å². The van der Waals surface area contributed by atoms with E-state index in [9.17, 15) is 0 Å². The molecule has 2 aromatic rings. The molecule has 0 aliphatic carbocycles. The Kier molecular flexibility index (Phi) is 32.1. The summed E-state index contributed by atoms with van der Waals surface area (Å²) in [4.78, 5) is 0. The van der Waals surface area contributed by atoms with Gasteiger partial charge in [-0.2, -0.15) is 17.5 Å². The van der Waals surface area contributed by atoms with Gasteiger partial charge in [0.25, 0.3) is 0 Å². The summed E-state index contributed by atoms with van der Waals surface area (Å²) < 4.78 is 0. The molecule has 0 unspecified atom stereocenters. The Morgan fingerprint density at radius 1 is 0.950 bits per heavy atom. The number of fused-ring (bicyclic) bond motifs is 1. The molecule has 1 N–H and O–H groups in total. The minimum atomic E-state index is -0.250. The Labute approximate surface area is 157 Å². The molecule has 20 heavy (non-hydrogen) atoms. The van der Waals surface area contributed by atoms with E-state index in [0.717, 1.165) is 0 Å². The number of benzene rings is 1. The fraction of sp³-hybridized carbons (Fsp3) is 0.267. The minimum Gasteiger partial charge on any atom is -1.00 e. The van der Waals surface area contributed by atoms with Crippen molar-refractivity contribution in [3.8, 4) is 0 Å². The minimum absolute atomic E-state index is 0. The molecular formula is C15H23Cl2NSiTi-4. The molecule has 0 aliphatic rings. The standard InChI is InChI=1S/C9H7.C4H10N.2CH3.2ClH.Si.Ti/c1-2-5-9-7-3-6-8(9)4-1;1-4(2,3)5;;;;;;/h1-7H;5H,1-3H3;2*1H3;2*1H;;/q4*-1;;;;+2/p-2. The van der Waals surface area contributed by atoms with Gasteiger partial charge in [0.1, 0.15) is 0 Å². The molecule has 2 rings (SSSR count). The molecule has 0 spiro atoms. The Bertz CT molecular complexity index is 364. The van der Waals surface area contributed by atoms with Crippen LogP contribution in [0.2, 0.25) is 0 Å². The number of halogens is 2. The monoisotopic (exact) mass is 363 g/mol. The SMILES string of the molecule is CC(C)(C)[NH-].[CH3-].[CH3-].[Cl-].[Cl-].[Si].[Ti+2].c1ccc2[cH-]ccc2c1. The predicted molar refractivity (Wildman–Crippen MR) is 82.2 cm³/mol. The first-order valence-corrected chi connectivity index (χ1v) is 4.82. The Hall–Kier alpha value is 0.301. The third-order valence-corrected chi connectivity index (χ3v) is 1.55. The van der Waals surface area contributed by atoms with Crippen molar-refractivity contribution in [3.63, 3.8) is 0 Å². The fourth-order valence-corrected chi connectivity index (χ4v) is 1.07. The Balaban J connectivity index is -0.0000000412. The van der Waals surface area contributed by atoms with E-state index in [1.165, 1.54) is 10.8 Å². The van der Waals surface area contributed by atoms with Gasteiger partial charge in [-0.3, -0.25) is 0 Å². The van der Waals surface area contributed by atoms with Gasteiger partial charge in [-0.15, -0.1) is 35.2 Å². The van der Waals surface area contributed by atoms with Gasteiger partial charge in [-0.05, 0) is 0 Å². The third kappa shape index (κ3) is 18.3. The van der Waals surface area contributed by atoms with E-state index in [1.807, 2.05) is 20.8 Å². The molecule has 1 nitrogen and oxygen atoms in total. The van der Waals surface area contributed by atoms with Crippen molar-refractivity contribution in [2.24, 2.45) is 0 Å². The molecule has 5 heteroatoms. The van der Waals surface area contributed by atoms with Crippen molar-refractivity contribution in [2.75, 3.05) is 0 Å². The molecule has 0 aromatic heterocycles. The van der Waals surface area contributed by atoms with Gasteiger partial charge >= 0.3 is 21.7 Å². The van der Waals surface area contributed by atoms with Crippen LogP contribution in [0.4, 0.5) is 0 Å². The third-order valence-electron chi connectivity index (χ3n) is 1.55. The van der Waals surface area contributed by atoms with Crippen molar-refractivity contribution in [3.05, 3.63) is 63.1 Å². The normalized spacial score (nSPS) is 7.60. The first-order chi connectivity index (χ1) is 6.47. The molecule has 0 saturated carbocycles. The number of rotatable bonds is 0. The summed E-state index contributed by atoms with van der Waals surface area (Å²) in [7, 11) is 0. The van der Waals surface area contributed by atoms with Gasteiger partial charge in [0.05, 0.1) is 0 Å². The van der Waals surface area contributed by atoms with E-state index in [0.29, 0.717) is 0 Å². The maximum absolute atomic E-state index is 6.94. The molecule has 0 bridgehead atoms. The topological polar surface area (TPSA) is 23.8 Å². The van der Waals surface area contributed by atoms with Gasteiger partial charge < -0.3 is 45.4 Å². The van der Waals surface area contributed by atoms with Crippen LogP contribution in [0.1, 0.15) is 20.8 Å². The van der Waals surface area contributed by atoms with Gasteiger partial charge in [0.2, 0.25) is 0 Å². The van der Waals surface area contributed by atoms with Gasteiger partial charge in [-0.1, -0.05) is 26.8 Å². The van der Waals surface area contributed by atoms with Crippen molar-refractivity contribution >= 4 is 21.7 Å². The molecule has 0 atom stereocenters. The number of hydrogen-bond acceptors (Lipinski definition) is 0. The van der Waals surface area contributed by atoms with Crippen LogP contribution in [0.3, 0.4) is 0 Å². The Morgan fingerprint density at radius 2 is 1.35 bits per heavy atom. The zero-order chi connectivity index (χ0) is 10.6. The summed E-state index contributed by atoms with van der Waals surface area (Å²) in [6, 6.07) is 14.7. The van der Waals surface area contributed by atoms with Crippen molar-refractivity contribution in [1.29, 1.82) is 0 Å². The molecule has 0 aliphatic heterocycles. The molecule has 0 amide bonds. The van der Waals surface area contributed by atoms with Crippen LogP contribution in [0.25, 0.3) is 16.5 Å². The summed E-state index contributed by atoms with van der Waals surface area (Å²) in [5.74, 6) is 0. The predicted octanol–water partition coefficient (Wildman–Crippen LogP) is -1.08. The zero-order valence-electron chi connectivity index (χ0n) is 12.8. The number of nitrogens with one attached hydrogen (secondary N) is 1. The molecule has 2 aromatic carbocycles. The maximum atomic E-state index is 6.94. The molecule has 114 valence electrons. The van der Waals surface area contributed by atoms with Crippen LogP contribution in [0.5, 0.6) is 0 Å². The van der Waals surface area contributed by atoms with Crippen LogP contribution in [-0.2, 0) is 21.7 Å². The second-order valence-corrected chi connectivity index (χ2v) is 4.40. The van der Waals surface area contributed by atoms with Crippen LogP contribution in [0.15, 0.2) is 42.5 Å². The van der Waals surface area contributed by atoms with Gasteiger partial charge in [0, 0.05) is 11.0 Å². The smallest absolute Gasteiger partial charge is 1.00 e. The maximum Gasteiger partial charge on any atom is 2.00 e. The first kappa shape index (κ1) is 37.0. The molecular weight excluding hydrogens is 341 g/mol. The van der Waals surface area contributed by atoms with E-state index < -0.39 is 0 Å². The summed E-state index contributed by atoms with van der Waals surface area (Å²) in [5, 5.41) is 2.66. The first-order valence-electron chi connectivity index (χ1n) is 4.82. The summed E-state index contributed by atoms with van der Waals surface area (Å²) >= 11 is 0. The van der Waals surface area contributed by atoms with Crippen molar-refractivity contribution < 1.29 is 46.5 Å². The van der Waals surface area contributed by atoms with Crippen LogP contribution >= 0.6 is 0 Å². The van der Waals surface area contributed by atoms with Crippen LogP contribution in [0, 0.1) is 14.9 Å². The second-order valence-electron chi connectivity index (χ2n) is 4.40. The molecule has 0 heterocycles. The van der Waals surface area contributed by atoms with Gasteiger partial charge in [-0.25, -0.2) is 0 Å². The summed E-state index contributed by atoms with van der Waals surface area (Å²) in [6.45, 7) is 5.56. The van der Waals surface area contributed by atoms with Crippen LogP contribution < -0.4 is 24.8 Å².